The number of nitrogens with zero attached hydrogens (tertiary/aromatic N) is 1. The van der Waals surface area contributed by atoms with Gasteiger partial charge in [0.1, 0.15) is 6.04 Å². The van der Waals surface area contributed by atoms with E-state index in [0.717, 1.165) is 12.1 Å². The second-order valence-corrected chi connectivity index (χ2v) is 5.22. The number of nitrogens with two attached hydrogens (primary N) is 1. The quantitative estimate of drug-likeness (QED) is 0.581. The zero-order chi connectivity index (χ0) is 17.7. The Hall–Kier alpha value is -2.81. The van der Waals surface area contributed by atoms with Crippen LogP contribution < -0.4 is 11.1 Å². The minimum atomic E-state index is -1.31. The Bertz CT molecular complexity index is 722. The van der Waals surface area contributed by atoms with E-state index in [1.807, 2.05) is 0 Å². The van der Waals surface area contributed by atoms with Gasteiger partial charge in [-0.1, -0.05) is 6.07 Å². The molecule has 24 heavy (non-hydrogen) atoms. The number of carboxylic acids is 1. The van der Waals surface area contributed by atoms with Gasteiger partial charge in [0, 0.05) is 19.0 Å². The van der Waals surface area contributed by atoms with Crippen LogP contribution in [0.3, 0.4) is 0 Å². The van der Waals surface area contributed by atoms with E-state index in [2.05, 4.69) is 15.3 Å². The van der Waals surface area contributed by atoms with Gasteiger partial charge in [0.05, 0.1) is 18.1 Å². The number of imidazole rings is 1. The van der Waals surface area contributed by atoms with Crippen molar-refractivity contribution in [2.75, 3.05) is 0 Å². The number of H-pyrrole nitrogens is 1. The molecular weight excluding hydrogens is 322 g/mol. The molecule has 1 heterocycles. The monoisotopic (exact) mass is 338 g/mol. The summed E-state index contributed by atoms with van der Waals surface area (Å²) >= 11 is 0. The van der Waals surface area contributed by atoms with Gasteiger partial charge in [0.25, 0.3) is 0 Å². The molecule has 2 atom stereocenters. The minimum Gasteiger partial charge on any atom is -0.480 e. The summed E-state index contributed by atoms with van der Waals surface area (Å²) in [5.41, 5.74) is 6.52. The number of amides is 1. The third-order valence-electron chi connectivity index (χ3n) is 3.36. The Kier molecular flexibility index (Phi) is 5.59. The van der Waals surface area contributed by atoms with Crippen LogP contribution in [0.25, 0.3) is 0 Å². The molecule has 0 radical (unpaired) electrons. The Morgan fingerprint density at radius 3 is 2.62 bits per heavy atom. The predicted octanol–water partition coefficient (Wildman–Crippen LogP) is 0.370. The van der Waals surface area contributed by atoms with Crippen LogP contribution in [0.4, 0.5) is 8.78 Å². The molecule has 7 nitrogen and oxygen atoms in total. The SMILES string of the molecule is N[C@@H](Cc1c[nH]cn1)C(=O)NC(Cc1ccc(F)c(F)c1)C(=O)O. The molecule has 0 saturated carbocycles. The number of aromatic nitrogens is 2. The van der Waals surface area contributed by atoms with Crippen molar-refractivity contribution < 1.29 is 23.5 Å². The highest BCUT2D eigenvalue weighted by Crippen LogP contribution is 2.11. The normalized spacial score (nSPS) is 13.3. The molecule has 0 spiro atoms. The lowest BCUT2D eigenvalue weighted by Crippen LogP contribution is -2.50. The minimum absolute atomic E-state index is 0.132. The number of nitrogens with one attached hydrogen (secondary N) is 2. The average Bonchev–Trinajstić information content (AvgIpc) is 3.02. The Morgan fingerprint density at radius 1 is 1.29 bits per heavy atom. The van der Waals surface area contributed by atoms with Crippen molar-refractivity contribution in [2.24, 2.45) is 5.73 Å². The number of halogens is 2. The van der Waals surface area contributed by atoms with Gasteiger partial charge in [0.2, 0.25) is 5.91 Å². The summed E-state index contributed by atoms with van der Waals surface area (Å²) in [6, 6.07) is 0.743. The molecule has 5 N–H and O–H groups in total. The molecular formula is C15H16F2N4O3. The third-order valence-corrected chi connectivity index (χ3v) is 3.36. The first-order valence-corrected chi connectivity index (χ1v) is 7.07. The summed E-state index contributed by atoms with van der Waals surface area (Å²) in [4.78, 5) is 30.0. The van der Waals surface area contributed by atoms with Crippen LogP contribution >= 0.6 is 0 Å². The first-order valence-electron chi connectivity index (χ1n) is 7.07. The second kappa shape index (κ2) is 7.64. The fourth-order valence-electron chi connectivity index (χ4n) is 2.10. The number of carbonyl (C=O) groups is 2. The Morgan fingerprint density at radius 2 is 2.04 bits per heavy atom. The molecule has 0 aliphatic rings. The fraction of sp³-hybridized carbons (Fsp3) is 0.267. The van der Waals surface area contributed by atoms with E-state index < -0.39 is 35.6 Å². The molecule has 0 bridgehead atoms. The number of hydrogen-bond acceptors (Lipinski definition) is 4. The summed E-state index contributed by atoms with van der Waals surface area (Å²) in [6.07, 6.45) is 2.94. The molecule has 0 aliphatic carbocycles. The van der Waals surface area contributed by atoms with E-state index in [-0.39, 0.29) is 18.4 Å². The lowest BCUT2D eigenvalue weighted by molar-refractivity contribution is -0.142. The number of hydrogen-bond donors (Lipinski definition) is 4. The van der Waals surface area contributed by atoms with Crippen molar-refractivity contribution in [3.63, 3.8) is 0 Å². The second-order valence-electron chi connectivity index (χ2n) is 5.22. The highest BCUT2D eigenvalue weighted by Gasteiger charge is 2.24. The van der Waals surface area contributed by atoms with Crippen molar-refractivity contribution in [1.82, 2.24) is 15.3 Å². The number of carboxylic acid groups (broad SMARTS) is 1. The maximum Gasteiger partial charge on any atom is 0.326 e. The Labute approximate surface area is 135 Å². The summed E-state index contributed by atoms with van der Waals surface area (Å²) in [5, 5.41) is 11.5. The lowest BCUT2D eigenvalue weighted by Gasteiger charge is -2.17. The van der Waals surface area contributed by atoms with Gasteiger partial charge in [-0.3, -0.25) is 4.79 Å². The first-order chi connectivity index (χ1) is 11.4. The van der Waals surface area contributed by atoms with Crippen molar-refractivity contribution >= 4 is 11.9 Å². The summed E-state index contributed by atoms with van der Waals surface area (Å²) in [7, 11) is 0. The van der Waals surface area contributed by atoms with Crippen LogP contribution in [-0.2, 0) is 22.4 Å². The van der Waals surface area contributed by atoms with Gasteiger partial charge in [-0.2, -0.15) is 0 Å². The molecule has 0 fully saturated rings. The highest BCUT2D eigenvalue weighted by molar-refractivity contribution is 5.87. The van der Waals surface area contributed by atoms with Crippen LogP contribution in [0.5, 0.6) is 0 Å². The number of rotatable bonds is 7. The lowest BCUT2D eigenvalue weighted by atomic mass is 10.0. The first kappa shape index (κ1) is 17.5. The summed E-state index contributed by atoms with van der Waals surface area (Å²) < 4.78 is 26.1. The smallest absolute Gasteiger partial charge is 0.326 e. The average molecular weight is 338 g/mol. The van der Waals surface area contributed by atoms with Crippen molar-refractivity contribution in [1.29, 1.82) is 0 Å². The van der Waals surface area contributed by atoms with E-state index >= 15 is 0 Å². The third kappa shape index (κ3) is 4.59. The van der Waals surface area contributed by atoms with Crippen LogP contribution in [0, 0.1) is 11.6 Å². The van der Waals surface area contributed by atoms with Crippen LogP contribution in [0.1, 0.15) is 11.3 Å². The van der Waals surface area contributed by atoms with Gasteiger partial charge in [-0.25, -0.2) is 18.6 Å². The zero-order valence-corrected chi connectivity index (χ0v) is 12.5. The number of aromatic amines is 1. The molecule has 0 saturated heterocycles. The zero-order valence-electron chi connectivity index (χ0n) is 12.5. The maximum absolute atomic E-state index is 13.2. The van der Waals surface area contributed by atoms with E-state index in [1.54, 1.807) is 6.20 Å². The molecule has 1 aromatic carbocycles. The predicted molar refractivity (Wildman–Crippen MR) is 79.9 cm³/mol. The van der Waals surface area contributed by atoms with Gasteiger partial charge in [-0.15, -0.1) is 0 Å². The van der Waals surface area contributed by atoms with Crippen LogP contribution in [-0.4, -0.2) is 39.0 Å². The molecule has 1 amide bonds. The van der Waals surface area contributed by atoms with Gasteiger partial charge >= 0.3 is 5.97 Å². The summed E-state index contributed by atoms with van der Waals surface area (Å²) in [6.45, 7) is 0. The van der Waals surface area contributed by atoms with Gasteiger partial charge in [-0.05, 0) is 17.7 Å². The molecule has 1 unspecified atom stereocenters. The van der Waals surface area contributed by atoms with Crippen molar-refractivity contribution in [3.05, 3.63) is 53.6 Å². The number of aliphatic carboxylic acids is 1. The van der Waals surface area contributed by atoms with Crippen LogP contribution in [0.15, 0.2) is 30.7 Å². The standard InChI is InChI=1S/C15H16F2N4O3/c16-10-2-1-8(3-11(10)17)4-13(15(23)24)21-14(22)12(18)5-9-6-19-7-20-9/h1-3,6-7,12-13H,4-5,18H2,(H,19,20)(H,21,22)(H,23,24)/t12-,13?/m0/s1. The molecule has 2 rings (SSSR count). The maximum atomic E-state index is 13.2. The molecule has 128 valence electrons. The van der Waals surface area contributed by atoms with Gasteiger partial charge < -0.3 is 21.1 Å². The van der Waals surface area contributed by atoms with E-state index in [0.29, 0.717) is 5.69 Å². The Balaban J connectivity index is 2.00. The largest absolute Gasteiger partial charge is 0.480 e. The van der Waals surface area contributed by atoms with Crippen molar-refractivity contribution in [3.8, 4) is 0 Å². The molecule has 0 aliphatic heterocycles. The molecule has 1 aromatic heterocycles. The van der Waals surface area contributed by atoms with E-state index in [1.165, 1.54) is 12.4 Å². The van der Waals surface area contributed by atoms with E-state index in [9.17, 15) is 23.5 Å². The molecule has 2 aromatic rings. The number of benzene rings is 1. The number of carbonyl (C=O) groups excluding carboxylic acids is 1. The van der Waals surface area contributed by atoms with E-state index in [4.69, 9.17) is 5.73 Å². The molecule has 9 heteroatoms. The van der Waals surface area contributed by atoms with Gasteiger partial charge in [0.15, 0.2) is 11.6 Å². The topological polar surface area (TPSA) is 121 Å². The van der Waals surface area contributed by atoms with Crippen LogP contribution in [0.2, 0.25) is 0 Å². The fourth-order valence-corrected chi connectivity index (χ4v) is 2.10. The summed E-state index contributed by atoms with van der Waals surface area (Å²) in [5.74, 6) is -4.10. The van der Waals surface area contributed by atoms with Crippen molar-refractivity contribution in [2.45, 2.75) is 24.9 Å². The highest BCUT2D eigenvalue weighted by atomic mass is 19.2.